The molecule has 24 bridgehead atoms. The fraction of sp³-hybridized carbons (Fsp3) is 0.102. The van der Waals surface area contributed by atoms with Crippen LogP contribution in [0.25, 0.3) is 123 Å². The first kappa shape index (κ1) is 92.2. The Hall–Kier alpha value is -14.5. The Morgan fingerprint density at radius 3 is 0.806 bits per heavy atom. The van der Waals surface area contributed by atoms with Crippen LogP contribution in [-0.2, 0) is 84.9 Å². The van der Waals surface area contributed by atoms with Gasteiger partial charge in [-0.15, -0.1) is 93.6 Å². The summed E-state index contributed by atoms with van der Waals surface area (Å²) in [5.41, 5.74) is 22.7. The van der Waals surface area contributed by atoms with Crippen LogP contribution in [0.4, 0.5) is 34.6 Å². The molecule has 21 heteroatoms. The summed E-state index contributed by atoms with van der Waals surface area (Å²) < 4.78 is 13.1. The third-order valence-electron chi connectivity index (χ3n) is 25.8. The Kier molecular flexibility index (Phi) is 25.1. The summed E-state index contributed by atoms with van der Waals surface area (Å²) in [6, 6.07) is 140. The zero-order chi connectivity index (χ0) is 92.0. The van der Waals surface area contributed by atoms with Crippen LogP contribution < -0.4 is 19.8 Å². The van der Waals surface area contributed by atoms with Crippen molar-refractivity contribution in [3.05, 3.63) is 470 Å². The minimum absolute atomic E-state index is 0. The molecule has 10 aromatic heterocycles. The van der Waals surface area contributed by atoms with E-state index >= 15 is 0 Å². The van der Waals surface area contributed by atoms with E-state index < -0.39 is 21.7 Å². The Bertz CT molecular complexity index is 7610. The maximum Gasteiger partial charge on any atom is 2.00 e. The maximum atomic E-state index is 5.53. The smallest absolute Gasteiger partial charge is 0.659 e. The molecule has 0 amide bonds. The number of para-hydroxylation sites is 8. The third-order valence-corrected chi connectivity index (χ3v) is 28.7. The second-order valence-electron chi connectivity index (χ2n) is 36.3. The molecule has 0 atom stereocenters. The molecule has 25 rings (SSSR count). The van der Waals surface area contributed by atoms with E-state index in [1.165, 1.54) is 0 Å². The molecule has 3 aliphatic rings. The number of hydrogen-bond donors (Lipinski definition) is 0. The molecule has 0 aliphatic carbocycles. The molecule has 0 radical (unpaired) electrons. The van der Waals surface area contributed by atoms with Gasteiger partial charge in [0, 0.05) is 90.9 Å². The fourth-order valence-electron chi connectivity index (χ4n) is 18.5. The van der Waals surface area contributed by atoms with Crippen molar-refractivity contribution in [2.45, 2.75) is 77.0 Å². The molecular formula is C118H90N16Pt3S2. The van der Waals surface area contributed by atoms with Gasteiger partial charge in [-0.2, -0.15) is 12.1 Å². The van der Waals surface area contributed by atoms with Crippen LogP contribution in [0, 0.1) is 24.3 Å². The maximum absolute atomic E-state index is 5.53. The van der Waals surface area contributed by atoms with Crippen molar-refractivity contribution in [2.24, 2.45) is 0 Å². The average Bonchev–Trinajstić information content (AvgIpc) is 1.56. The van der Waals surface area contributed by atoms with Crippen molar-refractivity contribution in [1.82, 2.24) is 67.3 Å². The number of rotatable bonds is 10. The number of aromatic nitrogens is 14. The van der Waals surface area contributed by atoms with Crippen LogP contribution in [0.15, 0.2) is 401 Å². The molecule has 0 unspecified atom stereocenters. The molecule has 0 spiro atoms. The topological polar surface area (TPSA) is 142 Å². The van der Waals surface area contributed by atoms with Crippen molar-refractivity contribution in [2.75, 3.05) is 9.80 Å². The van der Waals surface area contributed by atoms with Gasteiger partial charge >= 0.3 is 63.2 Å². The van der Waals surface area contributed by atoms with E-state index in [0.717, 1.165) is 202 Å². The predicted molar refractivity (Wildman–Crippen MR) is 548 cm³/mol. The summed E-state index contributed by atoms with van der Waals surface area (Å²) in [5, 5.41) is 0. The van der Waals surface area contributed by atoms with Crippen molar-refractivity contribution >= 4 is 57.3 Å². The monoisotopic (exact) mass is 2380 g/mol. The van der Waals surface area contributed by atoms with E-state index in [-0.39, 0.29) is 63.2 Å². The van der Waals surface area contributed by atoms with Gasteiger partial charge in [-0.3, -0.25) is 38.9 Å². The Morgan fingerprint density at radius 1 is 0.237 bits per heavy atom. The largest absolute Gasteiger partial charge is 2.00 e. The molecule has 684 valence electrons. The molecular weight excluding hydrogens is 2290 g/mol. The van der Waals surface area contributed by atoms with Crippen LogP contribution >= 0.6 is 22.7 Å². The fourth-order valence-corrected chi connectivity index (χ4v) is 20.9. The number of hydrogen-bond acceptors (Lipinski definition) is 10. The van der Waals surface area contributed by atoms with E-state index in [1.807, 2.05) is 84.9 Å². The first-order valence-corrected chi connectivity index (χ1v) is 47.2. The zero-order valence-electron chi connectivity index (χ0n) is 77.0. The summed E-state index contributed by atoms with van der Waals surface area (Å²) >= 11 is 3.56. The number of thiophene rings is 2. The summed E-state index contributed by atoms with van der Waals surface area (Å²) in [7, 11) is 0. The molecule has 16 nitrogen and oxygen atoms in total. The van der Waals surface area contributed by atoms with Gasteiger partial charge in [0.1, 0.15) is 23.3 Å². The molecule has 22 aromatic rings. The number of anilines is 6. The van der Waals surface area contributed by atoms with Crippen LogP contribution in [0.3, 0.4) is 0 Å². The van der Waals surface area contributed by atoms with E-state index in [2.05, 4.69) is 433 Å². The summed E-state index contributed by atoms with van der Waals surface area (Å²) in [5.74, 6) is 5.22. The summed E-state index contributed by atoms with van der Waals surface area (Å²) in [6.45, 7) is 17.8. The van der Waals surface area contributed by atoms with Crippen LogP contribution in [-0.4, -0.2) is 57.3 Å². The van der Waals surface area contributed by atoms with Gasteiger partial charge in [0.25, 0.3) is 0 Å². The average molecular weight is 2380 g/mol. The molecule has 0 fully saturated rings. The predicted octanol–water partition coefficient (Wildman–Crippen LogP) is 27.9. The van der Waals surface area contributed by atoms with E-state index in [9.17, 15) is 0 Å². The zero-order valence-corrected chi connectivity index (χ0v) is 85.5. The number of benzene rings is 12. The SMILES string of the molecule is CC1(C)c2[c-]c(c(-c3ccccc3)s2)-c2cn(-c3ccccc3)c(n2)C(C)(C)c2[c-]c(c(-c3ccccc3)s2)-c2cn(-c3ccccc3)c1n2.CC1(C)c2ccc([n-]2)-c2cn(-c3ccccc3)c(n2)C(C)(C)c2ccc([n-]2)-c2cn(-c3ccccc3)c1n2.[Pt+2].[Pt+2].[Pt+2].[c-]1c2cccc1N(c1ccccc1)c1nc(cn1-c1ccccc1)-c1[c-]c(ccc1)N(c1ccccc1)c1nc-2cn1-c1ccccc1. The standard InChI is InChI=1S/C44H34N4S2.C42H28N6.C32H28N6.3Pt/c1-43(2)37-25-33(39(49-37)29-17-9-5-10-18-29)36-28-48(32-23-15-8-16-24-32)42(46-36)44(3,4)38-26-34(40(50-38)30-19-11-6-12-20-30)35-27-47(41(43)45-35)31-21-13-7-14-22-31;1-5-17-33(18-6-1)45-29-39-31-15-13-26-38(27-31)48(36-23-11-4-12-24-36)42-44-40(30-46(42)34-19-7-2-8-20-34)32-16-14-25-37(28-32)47(41(45)43-39)35-21-9-3-10-22-35;1-31(2)27-17-15-23(33-27)26-20-38(22-13-9-6-10-14-22)30(36-26)32(3,4)28-18-16-24(34-28)25-19-37(29(31)35-25)21-11-7-5-8-12-21;;;/h5-24,27-28H,1-4H3;1-26,29-30H;5-20H,1-4H3;;;/q3*-2;3*+2. The number of imidazole rings is 6. The summed E-state index contributed by atoms with van der Waals surface area (Å²) in [4.78, 5) is 51.1. The first-order chi connectivity index (χ1) is 66.4. The van der Waals surface area contributed by atoms with Gasteiger partial charge in [-0.05, 0) is 172 Å². The van der Waals surface area contributed by atoms with Crippen LogP contribution in [0.2, 0.25) is 0 Å². The third kappa shape index (κ3) is 17.0. The molecule has 3 aliphatic heterocycles. The molecule has 0 saturated heterocycles. The second kappa shape index (κ2) is 37.8. The molecule has 0 N–H and O–H groups in total. The van der Waals surface area contributed by atoms with Gasteiger partial charge < -0.3 is 28.2 Å². The molecule has 13 heterocycles. The van der Waals surface area contributed by atoms with Crippen molar-refractivity contribution in [3.63, 3.8) is 0 Å². The summed E-state index contributed by atoms with van der Waals surface area (Å²) in [6.07, 6.45) is 12.8. The number of fused-ring (bicyclic) bond motifs is 30. The van der Waals surface area contributed by atoms with Gasteiger partial charge in [0.2, 0.25) is 11.9 Å². The molecule has 12 aromatic carbocycles. The first-order valence-electron chi connectivity index (χ1n) is 45.6. The minimum atomic E-state index is -0.499. The molecule has 0 saturated carbocycles. The van der Waals surface area contributed by atoms with Gasteiger partial charge in [-0.1, -0.05) is 289 Å². The van der Waals surface area contributed by atoms with E-state index in [0.29, 0.717) is 0 Å². The Balaban J connectivity index is 0.000000128. The van der Waals surface area contributed by atoms with Crippen LogP contribution in [0.5, 0.6) is 0 Å². The van der Waals surface area contributed by atoms with Gasteiger partial charge in [-0.25, -0.2) is 32.6 Å². The van der Waals surface area contributed by atoms with Gasteiger partial charge in [0.05, 0.1) is 11.4 Å². The minimum Gasteiger partial charge on any atom is -0.659 e. The van der Waals surface area contributed by atoms with E-state index in [4.69, 9.17) is 39.9 Å². The Morgan fingerprint density at radius 2 is 0.496 bits per heavy atom. The van der Waals surface area contributed by atoms with Gasteiger partial charge in [0.15, 0.2) is 0 Å². The van der Waals surface area contributed by atoms with Crippen molar-refractivity contribution in [1.29, 1.82) is 0 Å². The van der Waals surface area contributed by atoms with Crippen LogP contribution in [0.1, 0.15) is 99.8 Å². The van der Waals surface area contributed by atoms with Crippen molar-refractivity contribution < 1.29 is 63.2 Å². The molecule has 139 heavy (non-hydrogen) atoms. The normalized spacial score (nSPS) is 13.5. The number of nitrogens with zero attached hydrogens (tertiary/aromatic N) is 16. The van der Waals surface area contributed by atoms with Crippen molar-refractivity contribution in [3.8, 4) is 123 Å². The Labute approximate surface area is 859 Å². The quantitative estimate of drug-likeness (QED) is 0.121. The van der Waals surface area contributed by atoms with E-state index in [1.54, 1.807) is 22.7 Å². The second-order valence-corrected chi connectivity index (χ2v) is 38.4.